The minimum Gasteiger partial charge on any atom is -0.497 e. The number of hydrogen-bond acceptors (Lipinski definition) is 3. The van der Waals surface area contributed by atoms with Crippen LogP contribution in [0.4, 0.5) is 0 Å². The fourth-order valence-corrected chi connectivity index (χ4v) is 2.10. The lowest BCUT2D eigenvalue weighted by molar-refractivity contribution is -0.141. The summed E-state index contributed by atoms with van der Waals surface area (Å²) < 4.78 is 5.09. The molecular formula is C16H17NO3. The molecule has 1 N–H and O–H groups in total. The van der Waals surface area contributed by atoms with E-state index < -0.39 is 11.9 Å². The molecule has 0 bridgehead atoms. The molecule has 4 heteroatoms. The highest BCUT2D eigenvalue weighted by molar-refractivity contribution is 5.70. The van der Waals surface area contributed by atoms with E-state index in [4.69, 9.17) is 4.74 Å². The van der Waals surface area contributed by atoms with Crippen LogP contribution in [0.5, 0.6) is 5.75 Å². The second kappa shape index (κ2) is 6.70. The molecule has 1 atom stereocenters. The van der Waals surface area contributed by atoms with Crippen LogP contribution in [0, 0.1) is 5.92 Å². The van der Waals surface area contributed by atoms with Gasteiger partial charge in [0.1, 0.15) is 5.75 Å². The maximum atomic E-state index is 11.4. The van der Waals surface area contributed by atoms with Crippen molar-refractivity contribution < 1.29 is 14.6 Å². The smallest absolute Gasteiger partial charge is 0.307 e. The number of nitrogens with zero attached hydrogens (tertiary/aromatic N) is 1. The van der Waals surface area contributed by atoms with Crippen LogP contribution >= 0.6 is 0 Å². The Morgan fingerprint density at radius 1 is 1.20 bits per heavy atom. The van der Waals surface area contributed by atoms with Crippen molar-refractivity contribution in [2.24, 2.45) is 5.92 Å². The van der Waals surface area contributed by atoms with Gasteiger partial charge in [-0.15, -0.1) is 0 Å². The molecule has 0 spiro atoms. The van der Waals surface area contributed by atoms with E-state index in [9.17, 15) is 9.90 Å². The summed E-state index contributed by atoms with van der Waals surface area (Å²) in [6.45, 7) is 0. The Bertz CT molecular complexity index is 552. The van der Waals surface area contributed by atoms with Gasteiger partial charge in [-0.3, -0.25) is 9.78 Å². The van der Waals surface area contributed by atoms with E-state index in [1.807, 2.05) is 36.4 Å². The summed E-state index contributed by atoms with van der Waals surface area (Å²) in [6.07, 6.45) is 4.37. The van der Waals surface area contributed by atoms with Crippen LogP contribution in [0.3, 0.4) is 0 Å². The van der Waals surface area contributed by atoms with Crippen molar-refractivity contribution in [2.75, 3.05) is 7.11 Å². The maximum Gasteiger partial charge on any atom is 0.307 e. The van der Waals surface area contributed by atoms with Gasteiger partial charge in [-0.25, -0.2) is 0 Å². The van der Waals surface area contributed by atoms with Gasteiger partial charge < -0.3 is 9.84 Å². The molecule has 104 valence electrons. The van der Waals surface area contributed by atoms with Gasteiger partial charge in [0, 0.05) is 12.4 Å². The lowest BCUT2D eigenvalue weighted by Gasteiger charge is -2.12. The third kappa shape index (κ3) is 3.82. The number of rotatable bonds is 6. The number of carboxylic acid groups (broad SMARTS) is 1. The Labute approximate surface area is 118 Å². The molecule has 1 unspecified atom stereocenters. The highest BCUT2D eigenvalue weighted by Gasteiger charge is 2.18. The third-order valence-electron chi connectivity index (χ3n) is 3.20. The summed E-state index contributed by atoms with van der Waals surface area (Å²) in [4.78, 5) is 15.4. The van der Waals surface area contributed by atoms with Gasteiger partial charge in [0.2, 0.25) is 0 Å². The van der Waals surface area contributed by atoms with Gasteiger partial charge in [-0.2, -0.15) is 0 Å². The zero-order valence-corrected chi connectivity index (χ0v) is 11.3. The third-order valence-corrected chi connectivity index (χ3v) is 3.20. The van der Waals surface area contributed by atoms with Gasteiger partial charge >= 0.3 is 5.97 Å². The molecular weight excluding hydrogens is 254 g/mol. The van der Waals surface area contributed by atoms with Gasteiger partial charge in [0.25, 0.3) is 0 Å². The molecule has 0 aliphatic carbocycles. The van der Waals surface area contributed by atoms with E-state index in [2.05, 4.69) is 4.98 Å². The number of hydrogen-bond donors (Lipinski definition) is 1. The Morgan fingerprint density at radius 2 is 1.90 bits per heavy atom. The first-order valence-corrected chi connectivity index (χ1v) is 6.43. The highest BCUT2D eigenvalue weighted by atomic mass is 16.5. The van der Waals surface area contributed by atoms with Crippen LogP contribution in [-0.4, -0.2) is 23.2 Å². The summed E-state index contributed by atoms with van der Waals surface area (Å²) in [5.41, 5.74) is 1.93. The number of carboxylic acids is 1. The van der Waals surface area contributed by atoms with Crippen molar-refractivity contribution in [1.82, 2.24) is 4.98 Å². The fourth-order valence-electron chi connectivity index (χ4n) is 2.10. The Balaban J connectivity index is 2.07. The predicted molar refractivity (Wildman–Crippen MR) is 75.8 cm³/mol. The minimum absolute atomic E-state index is 0.451. The molecule has 0 amide bonds. The topological polar surface area (TPSA) is 59.4 Å². The van der Waals surface area contributed by atoms with E-state index in [1.165, 1.54) is 0 Å². The Hall–Kier alpha value is -2.36. The van der Waals surface area contributed by atoms with Crippen molar-refractivity contribution in [3.05, 3.63) is 59.9 Å². The molecule has 4 nitrogen and oxygen atoms in total. The van der Waals surface area contributed by atoms with Gasteiger partial charge in [0.05, 0.1) is 13.0 Å². The average molecular weight is 271 g/mol. The molecule has 0 saturated carbocycles. The number of carbonyl (C=O) groups is 1. The van der Waals surface area contributed by atoms with Crippen LogP contribution < -0.4 is 4.74 Å². The number of methoxy groups -OCH3 is 1. The van der Waals surface area contributed by atoms with Crippen molar-refractivity contribution in [2.45, 2.75) is 12.8 Å². The first-order valence-electron chi connectivity index (χ1n) is 6.43. The van der Waals surface area contributed by atoms with E-state index >= 15 is 0 Å². The first kappa shape index (κ1) is 14.1. The standard InChI is InChI=1S/C16H17NO3/c1-20-15-6-4-12(5-7-15)9-14(16(18)19)10-13-3-2-8-17-11-13/h2-8,11,14H,9-10H2,1H3,(H,18,19). The number of pyridine rings is 1. The molecule has 0 aliphatic heterocycles. The molecule has 1 heterocycles. The second-order valence-corrected chi connectivity index (χ2v) is 4.65. The second-order valence-electron chi connectivity index (χ2n) is 4.65. The Morgan fingerprint density at radius 3 is 2.45 bits per heavy atom. The average Bonchev–Trinajstić information content (AvgIpc) is 2.48. The van der Waals surface area contributed by atoms with Crippen molar-refractivity contribution in [3.8, 4) is 5.75 Å². The monoisotopic (exact) mass is 271 g/mol. The van der Waals surface area contributed by atoms with Crippen molar-refractivity contribution >= 4 is 5.97 Å². The highest BCUT2D eigenvalue weighted by Crippen LogP contribution is 2.17. The number of ether oxygens (including phenoxy) is 1. The normalized spacial score (nSPS) is 11.8. The summed E-state index contributed by atoms with van der Waals surface area (Å²) in [5, 5.41) is 9.35. The van der Waals surface area contributed by atoms with E-state index in [1.54, 1.807) is 19.5 Å². The van der Waals surface area contributed by atoms with Crippen LogP contribution in [0.25, 0.3) is 0 Å². The van der Waals surface area contributed by atoms with Crippen molar-refractivity contribution in [3.63, 3.8) is 0 Å². The molecule has 0 aliphatic rings. The maximum absolute atomic E-state index is 11.4. The Kier molecular flexibility index (Phi) is 4.71. The summed E-state index contributed by atoms with van der Waals surface area (Å²) in [6, 6.07) is 11.2. The lowest BCUT2D eigenvalue weighted by atomic mass is 9.93. The zero-order valence-electron chi connectivity index (χ0n) is 11.3. The van der Waals surface area contributed by atoms with E-state index in [0.717, 1.165) is 16.9 Å². The molecule has 1 aromatic carbocycles. The molecule has 0 radical (unpaired) electrons. The van der Waals surface area contributed by atoms with Crippen LogP contribution in [0.1, 0.15) is 11.1 Å². The first-order chi connectivity index (χ1) is 9.69. The molecule has 1 aromatic heterocycles. The summed E-state index contributed by atoms with van der Waals surface area (Å²) in [7, 11) is 1.61. The molecule has 0 fully saturated rings. The molecule has 2 rings (SSSR count). The number of benzene rings is 1. The predicted octanol–water partition coefficient (Wildman–Crippen LogP) is 2.58. The van der Waals surface area contributed by atoms with Crippen LogP contribution in [0.2, 0.25) is 0 Å². The number of aliphatic carboxylic acids is 1. The molecule has 2 aromatic rings. The SMILES string of the molecule is COc1ccc(CC(Cc2cccnc2)C(=O)O)cc1. The number of aromatic nitrogens is 1. The minimum atomic E-state index is -0.787. The van der Waals surface area contributed by atoms with Crippen molar-refractivity contribution in [1.29, 1.82) is 0 Å². The largest absolute Gasteiger partial charge is 0.497 e. The lowest BCUT2D eigenvalue weighted by Crippen LogP contribution is -2.19. The van der Waals surface area contributed by atoms with E-state index in [0.29, 0.717) is 12.8 Å². The van der Waals surface area contributed by atoms with Crippen LogP contribution in [0.15, 0.2) is 48.8 Å². The van der Waals surface area contributed by atoms with Gasteiger partial charge in [0.15, 0.2) is 0 Å². The van der Waals surface area contributed by atoms with Crippen LogP contribution in [-0.2, 0) is 17.6 Å². The molecule has 20 heavy (non-hydrogen) atoms. The summed E-state index contributed by atoms with van der Waals surface area (Å²) >= 11 is 0. The quantitative estimate of drug-likeness (QED) is 0.877. The zero-order chi connectivity index (χ0) is 14.4. The van der Waals surface area contributed by atoms with Gasteiger partial charge in [-0.1, -0.05) is 18.2 Å². The fraction of sp³-hybridized carbons (Fsp3) is 0.250. The van der Waals surface area contributed by atoms with E-state index in [-0.39, 0.29) is 0 Å². The van der Waals surface area contributed by atoms with Gasteiger partial charge in [-0.05, 0) is 42.2 Å². The molecule has 0 saturated heterocycles. The summed E-state index contributed by atoms with van der Waals surface area (Å²) in [5.74, 6) is -0.467.